The fourth-order valence-corrected chi connectivity index (χ4v) is 1.37. The van der Waals surface area contributed by atoms with Crippen molar-refractivity contribution in [3.63, 3.8) is 0 Å². The van der Waals surface area contributed by atoms with Crippen molar-refractivity contribution in [2.24, 2.45) is 5.73 Å². The van der Waals surface area contributed by atoms with E-state index in [1.807, 2.05) is 12.2 Å². The zero-order valence-corrected chi connectivity index (χ0v) is 6.82. The second kappa shape index (κ2) is 3.71. The van der Waals surface area contributed by atoms with Crippen LogP contribution in [0.4, 0.5) is 0 Å². The predicted octanol–water partition coefficient (Wildman–Crippen LogP) is 1.77. The van der Waals surface area contributed by atoms with Gasteiger partial charge in [0.1, 0.15) is 9.34 Å². The van der Waals surface area contributed by atoms with Gasteiger partial charge in [0, 0.05) is 6.54 Å². The molecule has 10 heavy (non-hydrogen) atoms. The number of aromatic nitrogens is 1. The van der Waals surface area contributed by atoms with Crippen LogP contribution < -0.4 is 5.73 Å². The molecule has 1 heterocycles. The maximum atomic E-state index is 5.63. The van der Waals surface area contributed by atoms with Gasteiger partial charge in [0.25, 0.3) is 0 Å². The lowest BCUT2D eigenvalue weighted by Crippen LogP contribution is -1.91. The Kier molecular flexibility index (Phi) is 2.86. The first-order valence-corrected chi connectivity index (χ1v) is 4.00. The number of nitrogens with two attached hydrogens (primary N) is 1. The SMILES string of the molecule is NC/C=C/c1ncc(Cl)s1. The minimum atomic E-state index is 0.539. The fraction of sp³-hybridized carbons (Fsp3) is 0.167. The van der Waals surface area contributed by atoms with Gasteiger partial charge in [0.05, 0.1) is 6.20 Å². The Morgan fingerprint density at radius 2 is 2.60 bits per heavy atom. The van der Waals surface area contributed by atoms with Crippen LogP contribution in [0.3, 0.4) is 0 Å². The van der Waals surface area contributed by atoms with Crippen LogP contribution in [0.15, 0.2) is 12.3 Å². The van der Waals surface area contributed by atoms with Crippen LogP contribution in [0.1, 0.15) is 5.01 Å². The van der Waals surface area contributed by atoms with E-state index >= 15 is 0 Å². The molecule has 1 aromatic heterocycles. The molecular weight excluding hydrogens is 168 g/mol. The van der Waals surface area contributed by atoms with E-state index < -0.39 is 0 Å². The molecule has 54 valence electrons. The van der Waals surface area contributed by atoms with Crippen molar-refractivity contribution in [2.75, 3.05) is 6.54 Å². The molecule has 1 rings (SSSR count). The third-order valence-electron chi connectivity index (χ3n) is 0.892. The average Bonchev–Trinajstić information content (AvgIpc) is 2.31. The second-order valence-electron chi connectivity index (χ2n) is 1.64. The van der Waals surface area contributed by atoms with Crippen molar-refractivity contribution in [1.29, 1.82) is 0 Å². The van der Waals surface area contributed by atoms with E-state index in [1.54, 1.807) is 6.20 Å². The van der Waals surface area contributed by atoms with E-state index in [0.717, 1.165) is 5.01 Å². The molecule has 0 saturated carbocycles. The van der Waals surface area contributed by atoms with Crippen LogP contribution in [-0.2, 0) is 0 Å². The van der Waals surface area contributed by atoms with E-state index in [4.69, 9.17) is 17.3 Å². The molecule has 0 aliphatic heterocycles. The molecule has 0 bridgehead atoms. The Morgan fingerprint density at radius 3 is 3.10 bits per heavy atom. The summed E-state index contributed by atoms with van der Waals surface area (Å²) in [5.41, 5.74) is 5.24. The Morgan fingerprint density at radius 1 is 1.80 bits per heavy atom. The molecular formula is C6H7ClN2S. The average molecular weight is 175 g/mol. The molecule has 0 spiro atoms. The standard InChI is InChI=1S/C6H7ClN2S/c7-5-4-9-6(10-5)2-1-3-8/h1-2,4H,3,8H2/b2-1+. The lowest BCUT2D eigenvalue weighted by atomic mass is 10.5. The van der Waals surface area contributed by atoms with Gasteiger partial charge < -0.3 is 5.73 Å². The van der Waals surface area contributed by atoms with Crippen molar-refractivity contribution in [2.45, 2.75) is 0 Å². The second-order valence-corrected chi connectivity index (χ2v) is 3.33. The molecule has 0 atom stereocenters. The molecule has 2 nitrogen and oxygen atoms in total. The van der Waals surface area contributed by atoms with Gasteiger partial charge in [-0.15, -0.1) is 11.3 Å². The minimum Gasteiger partial charge on any atom is -0.327 e. The van der Waals surface area contributed by atoms with Crippen molar-refractivity contribution in [1.82, 2.24) is 4.98 Å². The summed E-state index contributed by atoms with van der Waals surface area (Å²) < 4.78 is 0.705. The highest BCUT2D eigenvalue weighted by Crippen LogP contribution is 2.18. The first-order valence-electron chi connectivity index (χ1n) is 2.81. The van der Waals surface area contributed by atoms with Crippen LogP contribution in [-0.4, -0.2) is 11.5 Å². The topological polar surface area (TPSA) is 38.9 Å². The van der Waals surface area contributed by atoms with Crippen LogP contribution in [0.5, 0.6) is 0 Å². The van der Waals surface area contributed by atoms with Gasteiger partial charge in [-0.3, -0.25) is 0 Å². The van der Waals surface area contributed by atoms with Crippen LogP contribution in [0.25, 0.3) is 6.08 Å². The number of rotatable bonds is 2. The number of hydrogen-bond donors (Lipinski definition) is 1. The van der Waals surface area contributed by atoms with Gasteiger partial charge in [0.15, 0.2) is 0 Å². The maximum absolute atomic E-state index is 5.63. The van der Waals surface area contributed by atoms with Crippen molar-refractivity contribution < 1.29 is 0 Å². The smallest absolute Gasteiger partial charge is 0.117 e. The normalized spacial score (nSPS) is 11.0. The first kappa shape index (κ1) is 7.72. The van der Waals surface area contributed by atoms with Crippen LogP contribution in [0.2, 0.25) is 4.34 Å². The summed E-state index contributed by atoms with van der Waals surface area (Å²) in [4.78, 5) is 4.00. The lowest BCUT2D eigenvalue weighted by molar-refractivity contribution is 1.26. The third kappa shape index (κ3) is 2.10. The van der Waals surface area contributed by atoms with Gasteiger partial charge in [0.2, 0.25) is 0 Å². The monoisotopic (exact) mass is 174 g/mol. The minimum absolute atomic E-state index is 0.539. The molecule has 0 aliphatic carbocycles. The Balaban J connectivity index is 2.67. The molecule has 2 N–H and O–H groups in total. The maximum Gasteiger partial charge on any atom is 0.117 e. The summed E-state index contributed by atoms with van der Waals surface area (Å²) >= 11 is 7.07. The summed E-state index contributed by atoms with van der Waals surface area (Å²) in [6, 6.07) is 0. The van der Waals surface area contributed by atoms with Crippen LogP contribution in [0, 0.1) is 0 Å². The van der Waals surface area contributed by atoms with Crippen molar-refractivity contribution in [3.8, 4) is 0 Å². The largest absolute Gasteiger partial charge is 0.327 e. The lowest BCUT2D eigenvalue weighted by Gasteiger charge is -1.78. The summed E-state index contributed by atoms with van der Waals surface area (Å²) in [5, 5.41) is 0.899. The van der Waals surface area contributed by atoms with Gasteiger partial charge in [-0.2, -0.15) is 0 Å². The quantitative estimate of drug-likeness (QED) is 0.742. The van der Waals surface area contributed by atoms with E-state index in [0.29, 0.717) is 10.9 Å². The molecule has 0 radical (unpaired) electrons. The zero-order chi connectivity index (χ0) is 7.40. The fourth-order valence-electron chi connectivity index (χ4n) is 0.513. The Bertz CT molecular complexity index is 231. The Hall–Kier alpha value is -0.380. The summed E-state index contributed by atoms with van der Waals surface area (Å²) in [5.74, 6) is 0. The molecule has 0 unspecified atom stereocenters. The number of thiazole rings is 1. The predicted molar refractivity (Wildman–Crippen MR) is 45.2 cm³/mol. The number of nitrogens with zero attached hydrogens (tertiary/aromatic N) is 1. The van der Waals surface area contributed by atoms with E-state index in [2.05, 4.69) is 4.98 Å². The highest BCUT2D eigenvalue weighted by Gasteiger charge is 1.92. The number of halogens is 1. The van der Waals surface area contributed by atoms with Gasteiger partial charge in [-0.1, -0.05) is 17.7 Å². The van der Waals surface area contributed by atoms with Gasteiger partial charge in [-0.05, 0) is 6.08 Å². The van der Waals surface area contributed by atoms with Gasteiger partial charge >= 0.3 is 0 Å². The first-order chi connectivity index (χ1) is 4.83. The summed E-state index contributed by atoms with van der Waals surface area (Å²) in [6.45, 7) is 0.539. The molecule has 0 aliphatic rings. The zero-order valence-electron chi connectivity index (χ0n) is 5.25. The van der Waals surface area contributed by atoms with E-state index in [1.165, 1.54) is 11.3 Å². The van der Waals surface area contributed by atoms with Crippen molar-refractivity contribution >= 4 is 29.0 Å². The summed E-state index contributed by atoms with van der Waals surface area (Å²) in [6.07, 6.45) is 5.33. The molecule has 0 amide bonds. The van der Waals surface area contributed by atoms with E-state index in [-0.39, 0.29) is 0 Å². The van der Waals surface area contributed by atoms with Crippen LogP contribution >= 0.6 is 22.9 Å². The van der Waals surface area contributed by atoms with E-state index in [9.17, 15) is 0 Å². The third-order valence-corrected chi connectivity index (χ3v) is 1.97. The molecule has 0 aromatic carbocycles. The molecule has 1 aromatic rings. The highest BCUT2D eigenvalue weighted by molar-refractivity contribution is 7.16. The number of hydrogen-bond acceptors (Lipinski definition) is 3. The molecule has 0 saturated heterocycles. The van der Waals surface area contributed by atoms with Crippen molar-refractivity contribution in [3.05, 3.63) is 21.6 Å². The summed E-state index contributed by atoms with van der Waals surface area (Å²) in [7, 11) is 0. The molecule has 4 heteroatoms. The Labute approximate surface area is 68.3 Å². The van der Waals surface area contributed by atoms with Gasteiger partial charge in [-0.25, -0.2) is 4.98 Å². The molecule has 0 fully saturated rings. The highest BCUT2D eigenvalue weighted by atomic mass is 35.5.